The van der Waals surface area contributed by atoms with Gasteiger partial charge in [0.15, 0.2) is 0 Å². The minimum atomic E-state index is -3.74. The van der Waals surface area contributed by atoms with Crippen LogP contribution in [0, 0.1) is 0 Å². The second kappa shape index (κ2) is 8.05. The van der Waals surface area contributed by atoms with E-state index < -0.39 is 10.0 Å². The molecule has 1 aromatic carbocycles. The maximum atomic E-state index is 12.4. The van der Waals surface area contributed by atoms with E-state index in [9.17, 15) is 8.42 Å². The highest BCUT2D eigenvalue weighted by atomic mass is 32.2. The van der Waals surface area contributed by atoms with Crippen molar-refractivity contribution < 1.29 is 13.2 Å². The second-order valence-electron chi connectivity index (χ2n) is 5.84. The van der Waals surface area contributed by atoms with Crippen LogP contribution >= 0.6 is 0 Å². The number of anilines is 2. The number of pyridine rings is 2. The number of nitrogens with one attached hydrogen (secondary N) is 1. The van der Waals surface area contributed by atoms with Gasteiger partial charge in [0.25, 0.3) is 10.0 Å². The average Bonchev–Trinajstić information content (AvgIpc) is 2.69. The molecule has 0 aliphatic carbocycles. The highest BCUT2D eigenvalue weighted by Crippen LogP contribution is 2.22. The topological polar surface area (TPSA) is 84.4 Å². The first kappa shape index (κ1) is 18.7. The first-order valence-corrected chi connectivity index (χ1v) is 9.71. The molecule has 0 aliphatic rings. The van der Waals surface area contributed by atoms with Gasteiger partial charge in [-0.2, -0.15) is 0 Å². The maximum Gasteiger partial charge on any atom is 0.264 e. The van der Waals surface area contributed by atoms with E-state index in [1.807, 2.05) is 36.2 Å². The van der Waals surface area contributed by atoms with Crippen LogP contribution in [-0.4, -0.2) is 32.5 Å². The molecule has 8 heteroatoms. The molecule has 140 valence electrons. The zero-order chi connectivity index (χ0) is 19.3. The van der Waals surface area contributed by atoms with Crippen LogP contribution in [0.15, 0.2) is 71.9 Å². The lowest BCUT2D eigenvalue weighted by Crippen LogP contribution is -2.19. The van der Waals surface area contributed by atoms with Crippen molar-refractivity contribution in [3.8, 4) is 5.75 Å². The molecule has 0 bridgehead atoms. The number of aromatic nitrogens is 2. The zero-order valence-electron chi connectivity index (χ0n) is 15.0. The Bertz CT molecular complexity index is 993. The quantitative estimate of drug-likeness (QED) is 0.674. The average molecular weight is 384 g/mol. The van der Waals surface area contributed by atoms with Crippen molar-refractivity contribution in [2.45, 2.75) is 11.4 Å². The molecule has 2 aromatic heterocycles. The normalized spacial score (nSPS) is 11.0. The third-order valence-electron chi connectivity index (χ3n) is 3.93. The molecule has 0 aliphatic heterocycles. The van der Waals surface area contributed by atoms with Gasteiger partial charge in [-0.1, -0.05) is 24.3 Å². The Hall–Kier alpha value is -3.13. The van der Waals surface area contributed by atoms with Crippen LogP contribution in [0.5, 0.6) is 5.75 Å². The number of hydrogen-bond donors (Lipinski definition) is 1. The Balaban J connectivity index is 1.74. The van der Waals surface area contributed by atoms with E-state index in [1.54, 1.807) is 31.4 Å². The molecule has 0 amide bonds. The number of methoxy groups -OCH3 is 1. The number of ether oxygens (including phenoxy) is 1. The summed E-state index contributed by atoms with van der Waals surface area (Å²) in [5.41, 5.74) is 1.01. The lowest BCUT2D eigenvalue weighted by molar-refractivity contribution is 0.409. The van der Waals surface area contributed by atoms with Crippen molar-refractivity contribution in [3.63, 3.8) is 0 Å². The molecule has 7 nitrogen and oxygen atoms in total. The molecule has 0 saturated heterocycles. The molecule has 0 fully saturated rings. The number of nitrogens with zero attached hydrogens (tertiary/aromatic N) is 3. The number of rotatable bonds is 7. The van der Waals surface area contributed by atoms with E-state index in [-0.39, 0.29) is 10.7 Å². The van der Waals surface area contributed by atoms with E-state index in [1.165, 1.54) is 18.5 Å². The lowest BCUT2D eigenvalue weighted by Gasteiger charge is -2.20. The minimum absolute atomic E-state index is 0.0718. The van der Waals surface area contributed by atoms with Gasteiger partial charge < -0.3 is 9.64 Å². The van der Waals surface area contributed by atoms with Crippen LogP contribution in [0.1, 0.15) is 5.56 Å². The molecule has 0 saturated carbocycles. The van der Waals surface area contributed by atoms with Crippen molar-refractivity contribution in [2.24, 2.45) is 0 Å². The first-order valence-electron chi connectivity index (χ1n) is 8.22. The smallest absolute Gasteiger partial charge is 0.264 e. The van der Waals surface area contributed by atoms with Gasteiger partial charge >= 0.3 is 0 Å². The van der Waals surface area contributed by atoms with Crippen molar-refractivity contribution >= 4 is 21.7 Å². The fourth-order valence-corrected chi connectivity index (χ4v) is 3.50. The summed E-state index contributed by atoms with van der Waals surface area (Å²) in [6.45, 7) is 0.579. The van der Waals surface area contributed by atoms with Gasteiger partial charge in [-0.25, -0.2) is 18.4 Å². The molecule has 3 aromatic rings. The second-order valence-corrected chi connectivity index (χ2v) is 7.52. The SMILES string of the molecule is COc1ccccc1CN(C)c1ccc(S(=O)(=O)Nc2ccccn2)cn1. The first-order chi connectivity index (χ1) is 13.0. The van der Waals surface area contributed by atoms with Crippen LogP contribution < -0.4 is 14.4 Å². The highest BCUT2D eigenvalue weighted by molar-refractivity contribution is 7.92. The van der Waals surface area contributed by atoms with Gasteiger partial charge in [0.2, 0.25) is 0 Å². The predicted octanol–water partition coefficient (Wildman–Crippen LogP) is 2.92. The van der Waals surface area contributed by atoms with E-state index in [4.69, 9.17) is 4.74 Å². The number of sulfonamides is 1. The monoisotopic (exact) mass is 384 g/mol. The van der Waals surface area contributed by atoms with E-state index in [0.29, 0.717) is 12.4 Å². The van der Waals surface area contributed by atoms with Crippen LogP contribution in [-0.2, 0) is 16.6 Å². The number of hydrogen-bond acceptors (Lipinski definition) is 6. The van der Waals surface area contributed by atoms with E-state index >= 15 is 0 Å². The molecular weight excluding hydrogens is 364 g/mol. The van der Waals surface area contributed by atoms with Gasteiger partial charge in [0, 0.05) is 31.5 Å². The summed E-state index contributed by atoms with van der Waals surface area (Å²) < 4.78 is 32.7. The van der Waals surface area contributed by atoms with Gasteiger partial charge in [-0.05, 0) is 30.3 Å². The molecule has 2 heterocycles. The fraction of sp³-hybridized carbons (Fsp3) is 0.158. The Morgan fingerprint density at radius 3 is 2.48 bits per heavy atom. The zero-order valence-corrected chi connectivity index (χ0v) is 15.8. The molecule has 3 rings (SSSR count). The van der Waals surface area contributed by atoms with Crippen LogP contribution in [0.4, 0.5) is 11.6 Å². The predicted molar refractivity (Wildman–Crippen MR) is 104 cm³/mol. The van der Waals surface area contributed by atoms with Gasteiger partial charge in [0.05, 0.1) is 7.11 Å². The molecule has 0 unspecified atom stereocenters. The number of para-hydroxylation sites is 1. The summed E-state index contributed by atoms with van der Waals surface area (Å²) in [5, 5.41) is 0. The Morgan fingerprint density at radius 1 is 1.04 bits per heavy atom. The lowest BCUT2D eigenvalue weighted by atomic mass is 10.2. The Morgan fingerprint density at radius 2 is 1.81 bits per heavy atom. The molecule has 1 N–H and O–H groups in total. The Kier molecular flexibility index (Phi) is 5.56. The molecular formula is C19H20N4O3S. The summed E-state index contributed by atoms with van der Waals surface area (Å²) in [4.78, 5) is 10.2. The van der Waals surface area contributed by atoms with E-state index in [0.717, 1.165) is 11.3 Å². The van der Waals surface area contributed by atoms with Crippen LogP contribution in [0.25, 0.3) is 0 Å². The summed E-state index contributed by atoms with van der Waals surface area (Å²) in [6, 6.07) is 15.9. The highest BCUT2D eigenvalue weighted by Gasteiger charge is 2.16. The molecule has 0 atom stereocenters. The molecule has 0 spiro atoms. The maximum absolute atomic E-state index is 12.4. The summed E-state index contributed by atoms with van der Waals surface area (Å²) in [7, 11) is -0.225. The van der Waals surface area contributed by atoms with Crippen molar-refractivity contribution in [2.75, 3.05) is 23.8 Å². The van der Waals surface area contributed by atoms with Crippen LogP contribution in [0.3, 0.4) is 0 Å². The van der Waals surface area contributed by atoms with Crippen molar-refractivity contribution in [1.29, 1.82) is 0 Å². The summed E-state index contributed by atoms with van der Waals surface area (Å²) >= 11 is 0. The minimum Gasteiger partial charge on any atom is -0.496 e. The van der Waals surface area contributed by atoms with Crippen molar-refractivity contribution in [3.05, 3.63) is 72.6 Å². The van der Waals surface area contributed by atoms with Gasteiger partial charge in [-0.15, -0.1) is 0 Å². The Labute approximate surface area is 158 Å². The summed E-state index contributed by atoms with van der Waals surface area (Å²) in [5.74, 6) is 1.70. The fourth-order valence-electron chi connectivity index (χ4n) is 2.55. The van der Waals surface area contributed by atoms with Gasteiger partial charge in [-0.3, -0.25) is 4.72 Å². The third-order valence-corrected chi connectivity index (χ3v) is 5.27. The largest absolute Gasteiger partial charge is 0.496 e. The standard InChI is InChI=1S/C19H20N4O3S/c1-23(14-15-7-3-4-8-17(15)26-2)19-11-10-16(13-21-19)27(24,25)22-18-9-5-6-12-20-18/h3-13H,14H2,1-2H3,(H,20,22). The van der Waals surface area contributed by atoms with Crippen LogP contribution in [0.2, 0.25) is 0 Å². The van der Waals surface area contributed by atoms with Gasteiger partial charge in [0.1, 0.15) is 22.3 Å². The molecule has 27 heavy (non-hydrogen) atoms. The summed E-state index contributed by atoms with van der Waals surface area (Å²) in [6.07, 6.45) is 2.85. The molecule has 0 radical (unpaired) electrons. The van der Waals surface area contributed by atoms with Crippen molar-refractivity contribution in [1.82, 2.24) is 9.97 Å². The number of benzene rings is 1. The third kappa shape index (κ3) is 4.53. The van der Waals surface area contributed by atoms with E-state index in [2.05, 4.69) is 14.7 Å².